The van der Waals surface area contributed by atoms with Gasteiger partial charge in [-0.05, 0) is 38.5 Å². The van der Waals surface area contributed by atoms with E-state index in [0.717, 1.165) is 38.5 Å². The van der Waals surface area contributed by atoms with Gasteiger partial charge in [0.25, 0.3) is 5.92 Å². The Morgan fingerprint density at radius 2 is 1.56 bits per heavy atom. The first-order valence-corrected chi connectivity index (χ1v) is 6.81. The topological polar surface area (TPSA) is 46.3 Å². The molecule has 2 N–H and O–H groups in total. The molecule has 0 atom stereocenters. The number of carbonyl (C=O) groups is 1. The van der Waals surface area contributed by atoms with E-state index >= 15 is 0 Å². The molecule has 1 aliphatic heterocycles. The lowest BCUT2D eigenvalue weighted by molar-refractivity contribution is -0.149. The highest BCUT2D eigenvalue weighted by molar-refractivity contribution is 5.83. The smallest absolute Gasteiger partial charge is 0.267 e. The van der Waals surface area contributed by atoms with Crippen LogP contribution in [0.3, 0.4) is 0 Å². The van der Waals surface area contributed by atoms with Gasteiger partial charge in [-0.25, -0.2) is 8.78 Å². The molecule has 2 bridgehead atoms. The number of hydrogen-bond acceptors (Lipinski definition) is 2. The molecule has 0 radical (unpaired) electrons. The molecule has 3 aliphatic carbocycles. The number of alkyl halides is 2. The Labute approximate surface area is 106 Å². The van der Waals surface area contributed by atoms with Crippen molar-refractivity contribution in [1.29, 1.82) is 0 Å². The summed E-state index contributed by atoms with van der Waals surface area (Å²) in [6.07, 6.45) is 4.75. The summed E-state index contributed by atoms with van der Waals surface area (Å²) in [7, 11) is 0. The number of nitrogens with two attached hydrogens (primary N) is 1. The average Bonchev–Trinajstić information content (AvgIpc) is 2.70. The lowest BCUT2D eigenvalue weighted by Gasteiger charge is -2.51. The fraction of sp³-hybridized carbons (Fsp3) is 0.923. The average molecular weight is 258 g/mol. The SMILES string of the molecule is NC12CCC(C(=O)N3CCC(F)(F)C3)(CC1)CC2. The highest BCUT2D eigenvalue weighted by Gasteiger charge is 2.54. The summed E-state index contributed by atoms with van der Waals surface area (Å²) in [5.41, 5.74) is 5.75. The summed E-state index contributed by atoms with van der Waals surface area (Å²) < 4.78 is 26.4. The maximum absolute atomic E-state index is 13.2. The second-order valence-electron chi connectivity index (χ2n) is 6.48. The van der Waals surface area contributed by atoms with Crippen molar-refractivity contribution in [1.82, 2.24) is 4.90 Å². The molecule has 0 aromatic heterocycles. The number of fused-ring (bicyclic) bond motifs is 3. The van der Waals surface area contributed by atoms with Crippen LogP contribution in [0, 0.1) is 5.41 Å². The van der Waals surface area contributed by atoms with Crippen LogP contribution in [0.1, 0.15) is 44.9 Å². The van der Waals surface area contributed by atoms with E-state index in [1.165, 1.54) is 4.90 Å². The summed E-state index contributed by atoms with van der Waals surface area (Å²) in [6.45, 7) is -0.178. The summed E-state index contributed by atoms with van der Waals surface area (Å²) in [5.74, 6) is -2.73. The van der Waals surface area contributed by atoms with Crippen LogP contribution in [-0.4, -0.2) is 35.4 Å². The third-order valence-corrected chi connectivity index (χ3v) is 5.21. The number of rotatable bonds is 1. The van der Waals surface area contributed by atoms with Crippen molar-refractivity contribution in [3.63, 3.8) is 0 Å². The van der Waals surface area contributed by atoms with Crippen molar-refractivity contribution in [3.8, 4) is 0 Å². The van der Waals surface area contributed by atoms with E-state index in [0.29, 0.717) is 0 Å². The van der Waals surface area contributed by atoms with Crippen LogP contribution in [0.5, 0.6) is 0 Å². The Morgan fingerprint density at radius 3 is 2.00 bits per heavy atom. The lowest BCUT2D eigenvalue weighted by Crippen LogP contribution is -2.57. The van der Waals surface area contributed by atoms with Crippen molar-refractivity contribution < 1.29 is 13.6 Å². The van der Waals surface area contributed by atoms with E-state index in [-0.39, 0.29) is 36.4 Å². The van der Waals surface area contributed by atoms with Crippen LogP contribution in [0.2, 0.25) is 0 Å². The van der Waals surface area contributed by atoms with Gasteiger partial charge in [-0.3, -0.25) is 4.79 Å². The lowest BCUT2D eigenvalue weighted by atomic mass is 9.57. The molecule has 3 nitrogen and oxygen atoms in total. The largest absolute Gasteiger partial charge is 0.336 e. The third-order valence-electron chi connectivity index (χ3n) is 5.21. The molecule has 0 aromatic carbocycles. The number of amides is 1. The van der Waals surface area contributed by atoms with Gasteiger partial charge < -0.3 is 10.6 Å². The Morgan fingerprint density at radius 1 is 1.00 bits per heavy atom. The number of halogens is 2. The normalized spacial score (nSPS) is 42.3. The zero-order valence-corrected chi connectivity index (χ0v) is 10.6. The molecule has 4 rings (SSSR count). The summed E-state index contributed by atoms with van der Waals surface area (Å²) in [5, 5.41) is 0. The number of likely N-dealkylation sites (tertiary alicyclic amines) is 1. The molecule has 102 valence electrons. The number of hydrogen-bond donors (Lipinski definition) is 1. The van der Waals surface area contributed by atoms with Gasteiger partial charge in [0.05, 0.1) is 6.54 Å². The predicted molar refractivity (Wildman–Crippen MR) is 63.2 cm³/mol. The van der Waals surface area contributed by atoms with E-state index in [4.69, 9.17) is 5.73 Å². The van der Waals surface area contributed by atoms with Gasteiger partial charge in [0.15, 0.2) is 0 Å². The van der Waals surface area contributed by atoms with Gasteiger partial charge in [-0.2, -0.15) is 0 Å². The zero-order chi connectivity index (χ0) is 13.0. The summed E-state index contributed by atoms with van der Waals surface area (Å²) in [6, 6.07) is 0. The van der Waals surface area contributed by atoms with Crippen molar-refractivity contribution in [2.45, 2.75) is 56.4 Å². The molecule has 4 fully saturated rings. The molecule has 1 amide bonds. The van der Waals surface area contributed by atoms with Gasteiger partial charge >= 0.3 is 0 Å². The van der Waals surface area contributed by atoms with Gasteiger partial charge in [0, 0.05) is 23.9 Å². The molecule has 0 aromatic rings. The number of carbonyl (C=O) groups excluding carboxylic acids is 1. The zero-order valence-electron chi connectivity index (χ0n) is 10.6. The minimum atomic E-state index is -2.69. The van der Waals surface area contributed by atoms with Crippen molar-refractivity contribution in [3.05, 3.63) is 0 Å². The van der Waals surface area contributed by atoms with Crippen LogP contribution in [0.25, 0.3) is 0 Å². The first-order chi connectivity index (χ1) is 8.34. The fourth-order valence-electron chi connectivity index (χ4n) is 3.78. The van der Waals surface area contributed by atoms with E-state index in [2.05, 4.69) is 0 Å². The van der Waals surface area contributed by atoms with Crippen LogP contribution < -0.4 is 5.73 Å². The second-order valence-corrected chi connectivity index (χ2v) is 6.48. The summed E-state index contributed by atoms with van der Waals surface area (Å²) >= 11 is 0. The van der Waals surface area contributed by atoms with Crippen LogP contribution >= 0.6 is 0 Å². The van der Waals surface area contributed by atoms with E-state index < -0.39 is 5.92 Å². The maximum atomic E-state index is 13.2. The first-order valence-electron chi connectivity index (χ1n) is 6.81. The van der Waals surface area contributed by atoms with Gasteiger partial charge in [-0.1, -0.05) is 0 Å². The molecule has 1 heterocycles. The van der Waals surface area contributed by atoms with Gasteiger partial charge in [0.1, 0.15) is 0 Å². The van der Waals surface area contributed by atoms with Crippen molar-refractivity contribution in [2.24, 2.45) is 11.1 Å². The Bertz CT molecular complexity index is 359. The van der Waals surface area contributed by atoms with Crippen LogP contribution in [-0.2, 0) is 4.79 Å². The Kier molecular flexibility index (Phi) is 2.50. The highest BCUT2D eigenvalue weighted by Crippen LogP contribution is 2.52. The molecule has 5 heteroatoms. The maximum Gasteiger partial charge on any atom is 0.267 e. The molecule has 4 aliphatic rings. The molecule has 1 saturated heterocycles. The number of nitrogens with zero attached hydrogens (tertiary/aromatic N) is 1. The molecular weight excluding hydrogens is 238 g/mol. The fourth-order valence-corrected chi connectivity index (χ4v) is 3.78. The molecule has 3 saturated carbocycles. The molecule has 0 unspecified atom stereocenters. The van der Waals surface area contributed by atoms with E-state index in [1.807, 2.05) is 0 Å². The minimum Gasteiger partial charge on any atom is -0.336 e. The second kappa shape index (κ2) is 3.65. The quantitative estimate of drug-likeness (QED) is 0.781. The molecular formula is C13H20F2N2O. The molecule has 18 heavy (non-hydrogen) atoms. The Balaban J connectivity index is 1.74. The third kappa shape index (κ3) is 1.83. The van der Waals surface area contributed by atoms with E-state index in [9.17, 15) is 13.6 Å². The Hall–Kier alpha value is -0.710. The molecule has 0 spiro atoms. The monoisotopic (exact) mass is 258 g/mol. The minimum absolute atomic E-state index is 0.0403. The first kappa shape index (κ1) is 12.3. The van der Waals surface area contributed by atoms with E-state index in [1.54, 1.807) is 0 Å². The predicted octanol–water partition coefficient (Wildman–Crippen LogP) is 1.91. The van der Waals surface area contributed by atoms with Crippen LogP contribution in [0.15, 0.2) is 0 Å². The highest BCUT2D eigenvalue weighted by atomic mass is 19.3. The van der Waals surface area contributed by atoms with Crippen LogP contribution in [0.4, 0.5) is 8.78 Å². The van der Waals surface area contributed by atoms with Gasteiger partial charge in [0.2, 0.25) is 5.91 Å². The van der Waals surface area contributed by atoms with Crippen molar-refractivity contribution in [2.75, 3.05) is 13.1 Å². The van der Waals surface area contributed by atoms with Gasteiger partial charge in [-0.15, -0.1) is 0 Å². The standard InChI is InChI=1S/C13H20F2N2O/c14-13(15)7-8-17(9-13)10(18)11-1-4-12(16,5-2-11)6-3-11/h1-9,16H2. The van der Waals surface area contributed by atoms with Crippen molar-refractivity contribution >= 4 is 5.91 Å². The summed E-state index contributed by atoms with van der Waals surface area (Å²) in [4.78, 5) is 13.9.